The minimum absolute atomic E-state index is 0.162. The van der Waals surface area contributed by atoms with E-state index in [1.807, 2.05) is 78.9 Å². The number of aromatic nitrogens is 3. The summed E-state index contributed by atoms with van der Waals surface area (Å²) < 4.78 is 8.53. The Kier molecular flexibility index (Phi) is 4.77. The van der Waals surface area contributed by atoms with Crippen LogP contribution in [0.4, 0.5) is 11.4 Å². The standard InChI is InChI=1S/C23H19ClN4O2/c24-22-25-28(23(29)27(22)16-17-6-2-1-3-7-17)19-12-10-18(11-13-19)26-14-15-30-21-9-5-4-8-20(21)26/h1-13H,14-16H2. The molecule has 1 aliphatic rings. The van der Waals surface area contributed by atoms with Gasteiger partial charge in [0.2, 0.25) is 5.28 Å². The van der Waals surface area contributed by atoms with Gasteiger partial charge in [-0.15, -0.1) is 5.10 Å². The number of fused-ring (bicyclic) bond motifs is 1. The molecule has 0 bridgehead atoms. The summed E-state index contributed by atoms with van der Waals surface area (Å²) in [6.07, 6.45) is 0. The van der Waals surface area contributed by atoms with Gasteiger partial charge < -0.3 is 9.64 Å². The highest BCUT2D eigenvalue weighted by Gasteiger charge is 2.19. The zero-order valence-electron chi connectivity index (χ0n) is 16.1. The van der Waals surface area contributed by atoms with Crippen molar-refractivity contribution < 1.29 is 4.74 Å². The van der Waals surface area contributed by atoms with Crippen LogP contribution in [0.2, 0.25) is 5.28 Å². The Labute approximate surface area is 178 Å². The summed E-state index contributed by atoms with van der Waals surface area (Å²) in [7, 11) is 0. The molecule has 1 aromatic heterocycles. The highest BCUT2D eigenvalue weighted by molar-refractivity contribution is 6.28. The van der Waals surface area contributed by atoms with E-state index in [2.05, 4.69) is 10.00 Å². The third-order valence-corrected chi connectivity index (χ3v) is 5.41. The van der Waals surface area contributed by atoms with Crippen LogP contribution in [0.1, 0.15) is 5.56 Å². The first-order chi connectivity index (χ1) is 14.7. The lowest BCUT2D eigenvalue weighted by Crippen LogP contribution is -2.28. The van der Waals surface area contributed by atoms with Gasteiger partial charge in [-0.25, -0.2) is 4.79 Å². The van der Waals surface area contributed by atoms with Gasteiger partial charge >= 0.3 is 5.69 Å². The van der Waals surface area contributed by atoms with Crippen LogP contribution >= 0.6 is 11.6 Å². The third kappa shape index (κ3) is 3.35. The minimum atomic E-state index is -0.270. The topological polar surface area (TPSA) is 52.3 Å². The summed E-state index contributed by atoms with van der Waals surface area (Å²) in [5, 5.41) is 4.42. The van der Waals surface area contributed by atoms with E-state index in [9.17, 15) is 4.79 Å². The number of rotatable bonds is 4. The number of halogens is 1. The number of hydrogen-bond acceptors (Lipinski definition) is 4. The first-order valence-electron chi connectivity index (χ1n) is 9.70. The fraction of sp³-hybridized carbons (Fsp3) is 0.130. The maximum Gasteiger partial charge on any atom is 0.352 e. The molecular formula is C23H19ClN4O2. The van der Waals surface area contributed by atoms with Crippen LogP contribution < -0.4 is 15.3 Å². The van der Waals surface area contributed by atoms with Crippen molar-refractivity contribution in [2.45, 2.75) is 6.54 Å². The molecule has 1 aliphatic heterocycles. The lowest BCUT2D eigenvalue weighted by Gasteiger charge is -2.31. The van der Waals surface area contributed by atoms with E-state index < -0.39 is 0 Å². The summed E-state index contributed by atoms with van der Waals surface area (Å²) >= 11 is 6.27. The molecule has 0 radical (unpaired) electrons. The predicted molar refractivity (Wildman–Crippen MR) is 117 cm³/mol. The van der Waals surface area contributed by atoms with Crippen LogP contribution in [-0.4, -0.2) is 27.5 Å². The van der Waals surface area contributed by atoms with Crippen molar-refractivity contribution in [1.29, 1.82) is 0 Å². The number of para-hydroxylation sites is 2. The summed E-state index contributed by atoms with van der Waals surface area (Å²) in [5.41, 5.74) is 3.44. The minimum Gasteiger partial charge on any atom is -0.490 e. The van der Waals surface area contributed by atoms with Crippen LogP contribution in [0, 0.1) is 0 Å². The molecule has 7 heteroatoms. The van der Waals surface area contributed by atoms with E-state index in [4.69, 9.17) is 16.3 Å². The molecule has 0 atom stereocenters. The van der Waals surface area contributed by atoms with Gasteiger partial charge in [0.25, 0.3) is 0 Å². The van der Waals surface area contributed by atoms with E-state index in [1.54, 1.807) is 0 Å². The Morgan fingerprint density at radius 3 is 2.40 bits per heavy atom. The van der Waals surface area contributed by atoms with Gasteiger partial charge in [-0.2, -0.15) is 4.68 Å². The third-order valence-electron chi connectivity index (χ3n) is 5.14. The van der Waals surface area contributed by atoms with Crippen LogP contribution in [0.5, 0.6) is 5.75 Å². The molecule has 6 nitrogen and oxygen atoms in total. The maximum atomic E-state index is 12.9. The average molecular weight is 419 g/mol. The Hall–Kier alpha value is -3.51. The van der Waals surface area contributed by atoms with E-state index in [0.717, 1.165) is 29.2 Å². The summed E-state index contributed by atoms with van der Waals surface area (Å²) in [5.74, 6) is 0.871. The molecular weight excluding hydrogens is 400 g/mol. The number of anilines is 2. The number of nitrogens with zero attached hydrogens (tertiary/aromatic N) is 4. The van der Waals surface area contributed by atoms with Crippen molar-refractivity contribution in [3.8, 4) is 11.4 Å². The van der Waals surface area contributed by atoms with Gasteiger partial charge in [0.05, 0.1) is 24.5 Å². The molecule has 0 amide bonds. The van der Waals surface area contributed by atoms with Crippen molar-refractivity contribution in [2.75, 3.05) is 18.1 Å². The SMILES string of the molecule is O=c1n(-c2ccc(N3CCOc4ccccc43)cc2)nc(Cl)n1Cc1ccccc1. The van der Waals surface area contributed by atoms with Crippen LogP contribution in [0.3, 0.4) is 0 Å². The summed E-state index contributed by atoms with van der Waals surface area (Å²) in [4.78, 5) is 15.1. The van der Waals surface area contributed by atoms with Crippen LogP contribution in [0.25, 0.3) is 5.69 Å². The summed E-state index contributed by atoms with van der Waals surface area (Å²) in [6.45, 7) is 1.76. The zero-order valence-corrected chi connectivity index (χ0v) is 16.9. The molecule has 30 heavy (non-hydrogen) atoms. The van der Waals surface area contributed by atoms with Gasteiger partial charge in [-0.05, 0) is 53.6 Å². The van der Waals surface area contributed by atoms with E-state index in [0.29, 0.717) is 18.8 Å². The monoisotopic (exact) mass is 418 g/mol. The number of benzene rings is 3. The van der Waals surface area contributed by atoms with E-state index >= 15 is 0 Å². The van der Waals surface area contributed by atoms with Gasteiger partial charge in [0.15, 0.2) is 0 Å². The normalized spacial score (nSPS) is 13.0. The molecule has 4 aromatic rings. The molecule has 150 valence electrons. The van der Waals surface area contributed by atoms with E-state index in [1.165, 1.54) is 9.25 Å². The Bertz CT molecular complexity index is 1230. The highest BCUT2D eigenvalue weighted by atomic mass is 35.5. The van der Waals surface area contributed by atoms with Gasteiger partial charge in [0, 0.05) is 5.69 Å². The van der Waals surface area contributed by atoms with Crippen LogP contribution in [-0.2, 0) is 6.54 Å². The van der Waals surface area contributed by atoms with Crippen molar-refractivity contribution >= 4 is 23.0 Å². The zero-order chi connectivity index (χ0) is 20.5. The second-order valence-corrected chi connectivity index (χ2v) is 7.36. The Morgan fingerprint density at radius 2 is 1.60 bits per heavy atom. The molecule has 0 saturated carbocycles. The molecule has 5 rings (SSSR count). The molecule has 0 fully saturated rings. The van der Waals surface area contributed by atoms with Crippen LogP contribution in [0.15, 0.2) is 83.7 Å². The average Bonchev–Trinajstić information content (AvgIpc) is 3.08. The van der Waals surface area contributed by atoms with Gasteiger partial charge in [-0.1, -0.05) is 42.5 Å². The first-order valence-corrected chi connectivity index (χ1v) is 10.1. The summed E-state index contributed by atoms with van der Waals surface area (Å²) in [6, 6.07) is 25.4. The smallest absolute Gasteiger partial charge is 0.352 e. The van der Waals surface area contributed by atoms with Gasteiger partial charge in [0.1, 0.15) is 12.4 Å². The maximum absolute atomic E-state index is 12.9. The molecule has 0 unspecified atom stereocenters. The largest absolute Gasteiger partial charge is 0.490 e. The number of ether oxygens (including phenoxy) is 1. The highest BCUT2D eigenvalue weighted by Crippen LogP contribution is 2.36. The molecule has 3 aromatic carbocycles. The second-order valence-electron chi connectivity index (χ2n) is 7.02. The fourth-order valence-electron chi connectivity index (χ4n) is 3.65. The first kappa shape index (κ1) is 18.5. The second kappa shape index (κ2) is 7.72. The molecule has 0 N–H and O–H groups in total. The molecule has 0 spiro atoms. The van der Waals surface area contributed by atoms with Crippen molar-refractivity contribution in [3.05, 3.63) is 100 Å². The molecule has 2 heterocycles. The predicted octanol–water partition coefficient (Wildman–Crippen LogP) is 4.27. The number of hydrogen-bond donors (Lipinski definition) is 0. The van der Waals surface area contributed by atoms with Gasteiger partial charge in [-0.3, -0.25) is 4.57 Å². The Balaban J connectivity index is 1.44. The van der Waals surface area contributed by atoms with E-state index in [-0.39, 0.29) is 11.0 Å². The van der Waals surface area contributed by atoms with Crippen molar-refractivity contribution in [3.63, 3.8) is 0 Å². The Morgan fingerprint density at radius 1 is 0.900 bits per heavy atom. The molecule has 0 saturated heterocycles. The lowest BCUT2D eigenvalue weighted by atomic mass is 10.2. The molecule has 0 aliphatic carbocycles. The fourth-order valence-corrected chi connectivity index (χ4v) is 3.86. The van der Waals surface area contributed by atoms with Crippen molar-refractivity contribution in [2.24, 2.45) is 0 Å². The lowest BCUT2D eigenvalue weighted by molar-refractivity contribution is 0.314. The quantitative estimate of drug-likeness (QED) is 0.496. The van der Waals surface area contributed by atoms with Crippen molar-refractivity contribution in [1.82, 2.24) is 14.3 Å².